The Labute approximate surface area is 207 Å². The number of nitrogens with zero attached hydrogens (tertiary/aromatic N) is 3. The summed E-state index contributed by atoms with van der Waals surface area (Å²) in [6.45, 7) is 0.673. The molecule has 0 fully saturated rings. The maximum Gasteiger partial charge on any atom is 0.262 e. The molecule has 0 aliphatic carbocycles. The fourth-order valence-corrected chi connectivity index (χ4v) is 4.60. The lowest BCUT2D eigenvalue weighted by Crippen LogP contribution is -2.25. The van der Waals surface area contributed by atoms with Crippen LogP contribution in [0.25, 0.3) is 11.3 Å². The van der Waals surface area contributed by atoms with Crippen LogP contribution in [0.4, 0.5) is 5.69 Å². The first kappa shape index (κ1) is 22.6. The van der Waals surface area contributed by atoms with E-state index in [1.807, 2.05) is 70.7 Å². The van der Waals surface area contributed by atoms with E-state index < -0.39 is 0 Å². The number of amides is 1. The largest absolute Gasteiger partial charge is 0.497 e. The Hall–Kier alpha value is -4.17. The highest BCUT2D eigenvalue weighted by Crippen LogP contribution is 2.32. The average Bonchev–Trinajstić information content (AvgIpc) is 3.30. The van der Waals surface area contributed by atoms with E-state index in [1.54, 1.807) is 13.3 Å². The quantitative estimate of drug-likeness (QED) is 0.390. The molecule has 1 aliphatic rings. The number of carbonyl (C=O) groups is 1. The van der Waals surface area contributed by atoms with Crippen LogP contribution in [-0.4, -0.2) is 37.1 Å². The Balaban J connectivity index is 1.51. The number of fused-ring (bicyclic) bond motifs is 1. The van der Waals surface area contributed by atoms with E-state index in [0.29, 0.717) is 18.0 Å². The maximum atomic E-state index is 11.8. The van der Waals surface area contributed by atoms with Gasteiger partial charge in [-0.15, -0.1) is 11.3 Å². The lowest BCUT2D eigenvalue weighted by Gasteiger charge is -2.18. The highest BCUT2D eigenvalue weighted by molar-refractivity contribution is 7.07. The lowest BCUT2D eigenvalue weighted by atomic mass is 10.1. The molecule has 7 nitrogen and oxygen atoms in total. The molecule has 5 rings (SSSR count). The molecule has 3 aromatic carbocycles. The molecular weight excluding hydrogens is 460 g/mol. The predicted octanol–water partition coefficient (Wildman–Crippen LogP) is 4.58. The number of aromatic nitrogens is 1. The number of carbonyl (C=O) groups excluding carboxylic acids is 1. The fourth-order valence-electron chi connectivity index (χ4n) is 3.73. The minimum Gasteiger partial charge on any atom is -0.497 e. The summed E-state index contributed by atoms with van der Waals surface area (Å²) in [7, 11) is 1.64. The van der Waals surface area contributed by atoms with E-state index in [0.717, 1.165) is 33.8 Å². The molecule has 2 heterocycles. The summed E-state index contributed by atoms with van der Waals surface area (Å²) in [6, 6.07) is 23.7. The molecule has 0 saturated carbocycles. The van der Waals surface area contributed by atoms with Gasteiger partial charge in [0.2, 0.25) is 4.80 Å². The van der Waals surface area contributed by atoms with Crippen LogP contribution in [0.5, 0.6) is 11.5 Å². The zero-order valence-corrected chi connectivity index (χ0v) is 20.0. The summed E-state index contributed by atoms with van der Waals surface area (Å²) < 4.78 is 12.7. The van der Waals surface area contributed by atoms with Crippen molar-refractivity contribution in [3.05, 3.63) is 94.1 Å². The Morgan fingerprint density at radius 3 is 2.86 bits per heavy atom. The standard InChI is InChI=1S/C27H24N4O3S/c1-33-22-9-5-8-20(14-22)16-29-31-24(21-10-11-25-23(15-21)30-26(32)17-34-25)18-35-27(31)28-13-12-19-6-3-2-4-7-19/h2-11,14-16,18H,12-13,17H2,1H3,(H,30,32). The van der Waals surface area contributed by atoms with Crippen molar-refractivity contribution in [2.24, 2.45) is 10.1 Å². The van der Waals surface area contributed by atoms with Gasteiger partial charge in [-0.2, -0.15) is 5.10 Å². The molecule has 4 aromatic rings. The van der Waals surface area contributed by atoms with Crippen molar-refractivity contribution in [1.29, 1.82) is 0 Å². The minimum absolute atomic E-state index is 0.0278. The number of anilines is 1. The third-order valence-electron chi connectivity index (χ3n) is 5.50. The Morgan fingerprint density at radius 2 is 2.00 bits per heavy atom. The Morgan fingerprint density at radius 1 is 1.11 bits per heavy atom. The van der Waals surface area contributed by atoms with Crippen LogP contribution in [0.1, 0.15) is 11.1 Å². The van der Waals surface area contributed by atoms with Crippen molar-refractivity contribution in [2.75, 3.05) is 25.6 Å². The van der Waals surface area contributed by atoms with Crippen molar-refractivity contribution < 1.29 is 14.3 Å². The Bertz CT molecular complexity index is 1440. The van der Waals surface area contributed by atoms with Crippen LogP contribution in [0.3, 0.4) is 0 Å². The zero-order valence-electron chi connectivity index (χ0n) is 19.2. The smallest absolute Gasteiger partial charge is 0.262 e. The Kier molecular flexibility index (Phi) is 6.72. The average molecular weight is 485 g/mol. The molecule has 0 radical (unpaired) electrons. The van der Waals surface area contributed by atoms with Crippen LogP contribution in [-0.2, 0) is 11.2 Å². The maximum absolute atomic E-state index is 11.8. The number of nitrogens with one attached hydrogen (secondary N) is 1. The van der Waals surface area contributed by atoms with Gasteiger partial charge >= 0.3 is 0 Å². The van der Waals surface area contributed by atoms with Gasteiger partial charge in [-0.05, 0) is 47.9 Å². The number of hydrogen-bond acceptors (Lipinski definition) is 6. The number of benzene rings is 3. The molecule has 35 heavy (non-hydrogen) atoms. The molecule has 0 unspecified atom stereocenters. The van der Waals surface area contributed by atoms with E-state index in [9.17, 15) is 4.79 Å². The highest BCUT2D eigenvalue weighted by Gasteiger charge is 2.17. The van der Waals surface area contributed by atoms with Crippen molar-refractivity contribution >= 4 is 29.1 Å². The molecular formula is C27H24N4O3S. The first-order valence-electron chi connectivity index (χ1n) is 11.2. The molecule has 0 spiro atoms. The summed E-state index contributed by atoms with van der Waals surface area (Å²) in [5.41, 5.74) is 4.57. The van der Waals surface area contributed by atoms with Gasteiger partial charge in [0, 0.05) is 17.5 Å². The third-order valence-corrected chi connectivity index (χ3v) is 6.35. The molecule has 1 aliphatic heterocycles. The molecule has 176 valence electrons. The van der Waals surface area contributed by atoms with Crippen LogP contribution >= 0.6 is 11.3 Å². The molecule has 1 aromatic heterocycles. The van der Waals surface area contributed by atoms with Gasteiger partial charge in [0.25, 0.3) is 5.91 Å². The van der Waals surface area contributed by atoms with Crippen LogP contribution in [0.15, 0.2) is 88.3 Å². The fraction of sp³-hybridized carbons (Fsp3) is 0.148. The second kappa shape index (κ2) is 10.4. The van der Waals surface area contributed by atoms with Crippen molar-refractivity contribution in [3.8, 4) is 22.8 Å². The second-order valence-corrected chi connectivity index (χ2v) is 8.74. The molecule has 0 atom stereocenters. The predicted molar refractivity (Wildman–Crippen MR) is 138 cm³/mol. The van der Waals surface area contributed by atoms with Gasteiger partial charge in [-0.1, -0.05) is 42.5 Å². The van der Waals surface area contributed by atoms with E-state index in [1.165, 1.54) is 16.9 Å². The van der Waals surface area contributed by atoms with E-state index >= 15 is 0 Å². The highest BCUT2D eigenvalue weighted by atomic mass is 32.1. The summed E-state index contributed by atoms with van der Waals surface area (Å²) in [6.07, 6.45) is 2.63. The molecule has 1 N–H and O–H groups in total. The number of ether oxygens (including phenoxy) is 2. The second-order valence-electron chi connectivity index (χ2n) is 7.90. The molecule has 8 heteroatoms. The zero-order chi connectivity index (χ0) is 24.0. The minimum atomic E-state index is -0.166. The van der Waals surface area contributed by atoms with Gasteiger partial charge in [0.15, 0.2) is 6.61 Å². The summed E-state index contributed by atoms with van der Waals surface area (Å²) in [4.78, 5) is 17.4. The lowest BCUT2D eigenvalue weighted by molar-refractivity contribution is -0.118. The summed E-state index contributed by atoms with van der Waals surface area (Å²) in [5.74, 6) is 1.26. The number of methoxy groups -OCH3 is 1. The summed E-state index contributed by atoms with van der Waals surface area (Å²) >= 11 is 1.53. The number of thiazole rings is 1. The SMILES string of the molecule is COc1cccc(C=Nn2c(-c3ccc4c(c3)NC(=O)CO4)csc2=NCCc2ccccc2)c1. The van der Waals surface area contributed by atoms with Gasteiger partial charge in [-0.25, -0.2) is 4.68 Å². The number of rotatable bonds is 7. The monoisotopic (exact) mass is 484 g/mol. The summed E-state index contributed by atoms with van der Waals surface area (Å²) in [5, 5.41) is 9.67. The van der Waals surface area contributed by atoms with Crippen LogP contribution < -0.4 is 19.6 Å². The van der Waals surface area contributed by atoms with Crippen LogP contribution in [0.2, 0.25) is 0 Å². The van der Waals surface area contributed by atoms with Crippen LogP contribution in [0, 0.1) is 0 Å². The first-order chi connectivity index (χ1) is 17.2. The van der Waals surface area contributed by atoms with Crippen molar-refractivity contribution in [2.45, 2.75) is 6.42 Å². The van der Waals surface area contributed by atoms with Gasteiger partial charge < -0.3 is 14.8 Å². The number of hydrogen-bond donors (Lipinski definition) is 1. The van der Waals surface area contributed by atoms with Crippen molar-refractivity contribution in [3.63, 3.8) is 0 Å². The van der Waals surface area contributed by atoms with E-state index in [4.69, 9.17) is 19.6 Å². The van der Waals surface area contributed by atoms with Crippen molar-refractivity contribution in [1.82, 2.24) is 4.68 Å². The van der Waals surface area contributed by atoms with E-state index in [-0.39, 0.29) is 12.5 Å². The van der Waals surface area contributed by atoms with E-state index in [2.05, 4.69) is 17.4 Å². The first-order valence-corrected chi connectivity index (χ1v) is 12.1. The van der Waals surface area contributed by atoms with Gasteiger partial charge in [0.1, 0.15) is 11.5 Å². The normalized spacial score (nSPS) is 13.4. The molecule has 1 amide bonds. The van der Waals surface area contributed by atoms with Gasteiger partial charge in [-0.3, -0.25) is 9.79 Å². The third kappa shape index (κ3) is 5.33. The van der Waals surface area contributed by atoms with Gasteiger partial charge in [0.05, 0.1) is 24.7 Å². The molecule has 0 saturated heterocycles. The molecule has 0 bridgehead atoms. The topological polar surface area (TPSA) is 77.2 Å².